The molecule has 4 nitrogen and oxygen atoms in total. The van der Waals surface area contributed by atoms with Crippen molar-refractivity contribution in [2.24, 2.45) is 16.6 Å². The van der Waals surface area contributed by atoms with Crippen molar-refractivity contribution in [3.8, 4) is 11.5 Å². The molecule has 1 heterocycles. The Hall–Kier alpha value is -1.72. The molecule has 0 aliphatic carbocycles. The lowest BCUT2D eigenvalue weighted by Gasteiger charge is -2.09. The number of benzene rings is 2. The maximum atomic E-state index is 6.02. The number of nitrogens with two attached hydrogens (primary N) is 1. The van der Waals surface area contributed by atoms with Gasteiger partial charge in [0.25, 0.3) is 0 Å². The Balaban J connectivity index is 0.00000243. The number of pyridine rings is 1. The van der Waals surface area contributed by atoms with Crippen LogP contribution in [0, 0.1) is 5.92 Å². The maximum absolute atomic E-state index is 6.02. The van der Waals surface area contributed by atoms with Crippen LogP contribution in [0.15, 0.2) is 59.7 Å². The van der Waals surface area contributed by atoms with Crippen LogP contribution in [0.25, 0.3) is 10.9 Å². The van der Waals surface area contributed by atoms with Gasteiger partial charge in [0.15, 0.2) is 0 Å². The van der Waals surface area contributed by atoms with Gasteiger partial charge in [-0.3, -0.25) is 9.98 Å². The summed E-state index contributed by atoms with van der Waals surface area (Å²) in [5.74, 6) is 2.48. The summed E-state index contributed by atoms with van der Waals surface area (Å²) in [5.41, 5.74) is 7.71. The summed E-state index contributed by atoms with van der Waals surface area (Å²) < 4.78 is 6.00. The molecule has 0 radical (unpaired) electrons. The van der Waals surface area contributed by atoms with E-state index in [1.807, 2.05) is 48.5 Å². The number of rotatable bonds is 5. The molecule has 0 fully saturated rings. The van der Waals surface area contributed by atoms with Gasteiger partial charge >= 0.3 is 0 Å². The first kappa shape index (κ1) is 26.3. The summed E-state index contributed by atoms with van der Waals surface area (Å²) in [6, 6.07) is 15.0. The number of aromatic nitrogens is 1. The highest BCUT2D eigenvalue weighted by atomic mass is 35.5. The van der Waals surface area contributed by atoms with Crippen LogP contribution in [0.4, 0.5) is 0 Å². The second kappa shape index (κ2) is 12.0. The molecule has 2 N–H and O–H groups in total. The van der Waals surface area contributed by atoms with Crippen molar-refractivity contribution in [2.45, 2.75) is 13.8 Å². The van der Waals surface area contributed by atoms with Crippen LogP contribution < -0.4 is 10.5 Å². The Morgan fingerprint density at radius 1 is 1.07 bits per heavy atom. The quantitative estimate of drug-likeness (QED) is 0.357. The van der Waals surface area contributed by atoms with Gasteiger partial charge < -0.3 is 10.5 Å². The van der Waals surface area contributed by atoms with E-state index in [1.54, 1.807) is 6.20 Å². The number of amidine groups is 1. The predicted molar refractivity (Wildman–Crippen MR) is 125 cm³/mol. The van der Waals surface area contributed by atoms with Crippen LogP contribution in [0.1, 0.15) is 19.4 Å². The highest BCUT2D eigenvalue weighted by Gasteiger charge is 2.06. The zero-order valence-corrected chi connectivity index (χ0v) is 18.7. The molecule has 0 unspecified atom stereocenters. The van der Waals surface area contributed by atoms with E-state index in [9.17, 15) is 0 Å². The van der Waals surface area contributed by atoms with E-state index in [4.69, 9.17) is 22.1 Å². The van der Waals surface area contributed by atoms with Crippen molar-refractivity contribution in [3.63, 3.8) is 0 Å². The van der Waals surface area contributed by atoms with Crippen LogP contribution in [-0.4, -0.2) is 17.4 Å². The molecule has 152 valence electrons. The molecule has 0 bridgehead atoms. The summed E-state index contributed by atoms with van der Waals surface area (Å²) in [6.45, 7) is 4.94. The van der Waals surface area contributed by atoms with E-state index < -0.39 is 0 Å². The molecule has 8 heteroatoms. The average molecular weight is 463 g/mol. The lowest BCUT2D eigenvalue weighted by atomic mass is 10.2. The summed E-state index contributed by atoms with van der Waals surface area (Å²) in [7, 11) is 0. The first-order chi connectivity index (χ1) is 12.0. The van der Waals surface area contributed by atoms with E-state index in [0.717, 1.165) is 34.5 Å². The molecule has 28 heavy (non-hydrogen) atoms. The van der Waals surface area contributed by atoms with Gasteiger partial charge in [0.1, 0.15) is 17.3 Å². The van der Waals surface area contributed by atoms with Gasteiger partial charge in [-0.25, -0.2) is 0 Å². The Bertz CT molecular complexity index is 915. The van der Waals surface area contributed by atoms with Gasteiger partial charge in [-0.2, -0.15) is 0 Å². The van der Waals surface area contributed by atoms with Gasteiger partial charge in [0, 0.05) is 28.7 Å². The molecule has 0 aliphatic heterocycles. The Labute approximate surface area is 188 Å². The SMILES string of the molecule is CC(C)CN=C(N)c1ccc(Oc2ccnc3cc(Cl)ccc23)cc1.Cl.Cl.Cl. The summed E-state index contributed by atoms with van der Waals surface area (Å²) in [6.07, 6.45) is 1.71. The topological polar surface area (TPSA) is 60.5 Å². The number of nitrogens with zero attached hydrogens (tertiary/aromatic N) is 2. The van der Waals surface area contributed by atoms with Crippen LogP contribution in [0.3, 0.4) is 0 Å². The molecule has 3 rings (SSSR count). The van der Waals surface area contributed by atoms with Crippen LogP contribution in [-0.2, 0) is 0 Å². The zero-order valence-electron chi connectivity index (χ0n) is 15.5. The first-order valence-corrected chi connectivity index (χ1v) is 8.53. The minimum Gasteiger partial charge on any atom is -0.457 e. The molecule has 3 aromatic rings. The molecular formula is C20H23Cl4N3O. The Kier molecular flexibility index (Phi) is 11.2. The molecule has 0 spiro atoms. The van der Waals surface area contributed by atoms with Crippen molar-refractivity contribution in [1.82, 2.24) is 4.98 Å². The Morgan fingerprint density at radius 3 is 2.39 bits per heavy atom. The molecular weight excluding hydrogens is 440 g/mol. The summed E-state index contributed by atoms with van der Waals surface area (Å²) in [4.78, 5) is 8.71. The van der Waals surface area contributed by atoms with Crippen molar-refractivity contribution in [3.05, 3.63) is 65.3 Å². The standard InChI is InChI=1S/C20H20ClN3O.3ClH/c1-13(2)12-24-20(22)14-3-6-16(7-4-14)25-19-9-10-23-18-11-15(21)5-8-17(18)19;;;/h3-11,13H,12H2,1-2H3,(H2,22,24);3*1H. The van der Waals surface area contributed by atoms with Gasteiger partial charge in [-0.1, -0.05) is 25.4 Å². The molecule has 0 saturated heterocycles. The number of aliphatic imine (C=N–C) groups is 1. The van der Waals surface area contributed by atoms with E-state index >= 15 is 0 Å². The average Bonchev–Trinajstić information content (AvgIpc) is 2.60. The third kappa shape index (κ3) is 6.71. The van der Waals surface area contributed by atoms with Gasteiger partial charge in [-0.15, -0.1) is 37.2 Å². The monoisotopic (exact) mass is 461 g/mol. The number of hydrogen-bond acceptors (Lipinski definition) is 3. The van der Waals surface area contributed by atoms with Crippen molar-refractivity contribution in [1.29, 1.82) is 0 Å². The highest BCUT2D eigenvalue weighted by molar-refractivity contribution is 6.31. The van der Waals surface area contributed by atoms with Crippen LogP contribution >= 0.6 is 48.8 Å². The van der Waals surface area contributed by atoms with Crippen LogP contribution in [0.2, 0.25) is 5.02 Å². The zero-order chi connectivity index (χ0) is 17.8. The van der Waals surface area contributed by atoms with Gasteiger partial charge in [0.05, 0.1) is 5.52 Å². The normalized spacial score (nSPS) is 10.6. The highest BCUT2D eigenvalue weighted by Crippen LogP contribution is 2.30. The third-order valence-corrected chi connectivity index (χ3v) is 3.90. The van der Waals surface area contributed by atoms with Gasteiger partial charge in [-0.05, 0) is 54.4 Å². The minimum absolute atomic E-state index is 0. The van der Waals surface area contributed by atoms with Crippen molar-refractivity contribution >= 4 is 65.6 Å². The van der Waals surface area contributed by atoms with E-state index in [2.05, 4.69) is 23.8 Å². The molecule has 2 aromatic carbocycles. The number of halogens is 4. The lowest BCUT2D eigenvalue weighted by Crippen LogP contribution is -2.14. The van der Waals surface area contributed by atoms with E-state index in [1.165, 1.54) is 0 Å². The largest absolute Gasteiger partial charge is 0.457 e. The Morgan fingerprint density at radius 2 is 1.75 bits per heavy atom. The second-order valence-electron chi connectivity index (χ2n) is 6.22. The molecule has 0 amide bonds. The fourth-order valence-corrected chi connectivity index (χ4v) is 2.54. The molecule has 0 saturated carbocycles. The van der Waals surface area contributed by atoms with E-state index in [0.29, 0.717) is 16.8 Å². The van der Waals surface area contributed by atoms with Crippen molar-refractivity contribution in [2.75, 3.05) is 6.54 Å². The number of fused-ring (bicyclic) bond motifs is 1. The maximum Gasteiger partial charge on any atom is 0.138 e. The van der Waals surface area contributed by atoms with Crippen molar-refractivity contribution < 1.29 is 4.74 Å². The smallest absolute Gasteiger partial charge is 0.138 e. The van der Waals surface area contributed by atoms with E-state index in [-0.39, 0.29) is 37.2 Å². The molecule has 0 atom stereocenters. The van der Waals surface area contributed by atoms with Crippen LogP contribution in [0.5, 0.6) is 11.5 Å². The molecule has 0 aliphatic rings. The van der Waals surface area contributed by atoms with Gasteiger partial charge in [0.2, 0.25) is 0 Å². The predicted octanol–water partition coefficient (Wildman–Crippen LogP) is 6.31. The summed E-state index contributed by atoms with van der Waals surface area (Å²) >= 11 is 6.02. The first-order valence-electron chi connectivity index (χ1n) is 8.15. The fourth-order valence-electron chi connectivity index (χ4n) is 2.38. The fraction of sp³-hybridized carbons (Fsp3) is 0.200. The number of hydrogen-bond donors (Lipinski definition) is 1. The lowest BCUT2D eigenvalue weighted by molar-refractivity contribution is 0.488. The summed E-state index contributed by atoms with van der Waals surface area (Å²) in [5, 5.41) is 1.56. The second-order valence-corrected chi connectivity index (χ2v) is 6.65. The number of ether oxygens (including phenoxy) is 1. The molecule has 1 aromatic heterocycles. The third-order valence-electron chi connectivity index (χ3n) is 3.67. The minimum atomic E-state index is 0.